The number of alkyl halides is 3. The Bertz CT molecular complexity index is 404. The van der Waals surface area contributed by atoms with Gasteiger partial charge in [0.15, 0.2) is 0 Å². The van der Waals surface area contributed by atoms with Crippen LogP contribution in [0.4, 0.5) is 13.2 Å². The van der Waals surface area contributed by atoms with Crippen molar-refractivity contribution < 1.29 is 13.2 Å². The minimum atomic E-state index is -4.11. The molecule has 0 unspecified atom stereocenters. The van der Waals surface area contributed by atoms with Crippen LogP contribution in [0.25, 0.3) is 0 Å². The van der Waals surface area contributed by atoms with Gasteiger partial charge in [-0.25, -0.2) is 0 Å². The summed E-state index contributed by atoms with van der Waals surface area (Å²) >= 11 is 7.29. The molecule has 7 heteroatoms. The van der Waals surface area contributed by atoms with E-state index in [0.29, 0.717) is 19.6 Å². The van der Waals surface area contributed by atoms with E-state index in [2.05, 4.69) is 5.32 Å². The van der Waals surface area contributed by atoms with Gasteiger partial charge in [0.1, 0.15) is 0 Å². The molecule has 0 radical (unpaired) electrons. The van der Waals surface area contributed by atoms with Gasteiger partial charge in [-0.2, -0.15) is 13.2 Å². The molecular weight excluding hydrogens is 297 g/mol. The quantitative estimate of drug-likeness (QED) is 0.775. The van der Waals surface area contributed by atoms with Crippen LogP contribution >= 0.6 is 22.9 Å². The normalized spacial score (nSPS) is 16.3. The van der Waals surface area contributed by atoms with Crippen molar-refractivity contribution in [2.24, 2.45) is 0 Å². The lowest BCUT2D eigenvalue weighted by Crippen LogP contribution is -2.40. The van der Waals surface area contributed by atoms with Gasteiger partial charge in [-0.1, -0.05) is 11.6 Å². The smallest absolute Gasteiger partial charge is 0.311 e. The van der Waals surface area contributed by atoms with Crippen LogP contribution in [0.5, 0.6) is 0 Å². The first-order chi connectivity index (χ1) is 8.94. The van der Waals surface area contributed by atoms with E-state index in [1.807, 2.05) is 12.1 Å². The highest BCUT2D eigenvalue weighted by Crippen LogP contribution is 2.29. The molecule has 108 valence electrons. The average molecular weight is 313 g/mol. The fourth-order valence-electron chi connectivity index (χ4n) is 1.94. The molecule has 0 atom stereocenters. The first kappa shape index (κ1) is 15.1. The number of rotatable bonds is 7. The van der Waals surface area contributed by atoms with E-state index in [1.54, 1.807) is 0 Å². The number of hydrogen-bond acceptors (Lipinski definition) is 3. The lowest BCUT2D eigenvalue weighted by molar-refractivity contribution is -0.147. The number of nitrogens with one attached hydrogen (secondary N) is 1. The van der Waals surface area contributed by atoms with Crippen molar-refractivity contribution in [2.45, 2.75) is 31.6 Å². The summed E-state index contributed by atoms with van der Waals surface area (Å²) in [5, 5.41) is 3.16. The van der Waals surface area contributed by atoms with Crippen LogP contribution in [0.2, 0.25) is 4.34 Å². The Balaban J connectivity index is 1.68. The number of hydrogen-bond donors (Lipinski definition) is 1. The van der Waals surface area contributed by atoms with Crippen LogP contribution < -0.4 is 5.32 Å². The van der Waals surface area contributed by atoms with E-state index >= 15 is 0 Å². The SMILES string of the molecule is FC(F)(F)CN(CCNCc1ccc(Cl)s1)C1CC1. The molecule has 0 aromatic carbocycles. The Labute approximate surface area is 119 Å². The molecule has 19 heavy (non-hydrogen) atoms. The molecule has 1 fully saturated rings. The van der Waals surface area contributed by atoms with Crippen molar-refractivity contribution in [2.75, 3.05) is 19.6 Å². The van der Waals surface area contributed by atoms with Gasteiger partial charge in [0, 0.05) is 30.6 Å². The maximum absolute atomic E-state index is 12.4. The second-order valence-electron chi connectivity index (χ2n) is 4.70. The monoisotopic (exact) mass is 312 g/mol. The molecule has 0 spiro atoms. The average Bonchev–Trinajstić information content (AvgIpc) is 3.06. The van der Waals surface area contributed by atoms with Gasteiger partial charge in [-0.05, 0) is 25.0 Å². The molecule has 2 rings (SSSR count). The van der Waals surface area contributed by atoms with Gasteiger partial charge < -0.3 is 5.32 Å². The van der Waals surface area contributed by atoms with E-state index in [9.17, 15) is 13.2 Å². The number of thiophene rings is 1. The van der Waals surface area contributed by atoms with Crippen LogP contribution in [0.3, 0.4) is 0 Å². The fourth-order valence-corrected chi connectivity index (χ4v) is 3.00. The zero-order valence-corrected chi connectivity index (χ0v) is 11.9. The maximum atomic E-state index is 12.4. The number of halogens is 4. The predicted octanol–water partition coefficient (Wildman–Crippen LogP) is 3.52. The molecular formula is C12H16ClF3N2S. The summed E-state index contributed by atoms with van der Waals surface area (Å²) in [5.41, 5.74) is 0. The third-order valence-electron chi connectivity index (χ3n) is 2.95. The topological polar surface area (TPSA) is 15.3 Å². The minimum absolute atomic E-state index is 0.125. The highest BCUT2D eigenvalue weighted by molar-refractivity contribution is 7.16. The molecule has 1 heterocycles. The van der Waals surface area contributed by atoms with Gasteiger partial charge >= 0.3 is 6.18 Å². The van der Waals surface area contributed by atoms with Gasteiger partial charge in [0.2, 0.25) is 0 Å². The highest BCUT2D eigenvalue weighted by Gasteiger charge is 2.37. The van der Waals surface area contributed by atoms with Gasteiger partial charge in [0.05, 0.1) is 10.9 Å². The summed E-state index contributed by atoms with van der Waals surface area (Å²) in [6.07, 6.45) is -2.34. The minimum Gasteiger partial charge on any atom is -0.311 e. The van der Waals surface area contributed by atoms with Crippen molar-refractivity contribution >= 4 is 22.9 Å². The van der Waals surface area contributed by atoms with Crippen LogP contribution in [0.15, 0.2) is 12.1 Å². The molecule has 1 N–H and O–H groups in total. The Kier molecular flexibility index (Phi) is 5.11. The molecule has 2 nitrogen and oxygen atoms in total. The summed E-state index contributed by atoms with van der Waals surface area (Å²) in [5.74, 6) is 0. The molecule has 1 aromatic heterocycles. The molecule has 0 aliphatic heterocycles. The highest BCUT2D eigenvalue weighted by atomic mass is 35.5. The van der Waals surface area contributed by atoms with Gasteiger partial charge in [0.25, 0.3) is 0 Å². The van der Waals surface area contributed by atoms with Gasteiger partial charge in [-0.15, -0.1) is 11.3 Å². The molecule has 1 aliphatic rings. The van der Waals surface area contributed by atoms with Crippen LogP contribution in [-0.4, -0.2) is 36.8 Å². The van der Waals surface area contributed by atoms with Crippen molar-refractivity contribution in [3.05, 3.63) is 21.3 Å². The van der Waals surface area contributed by atoms with E-state index in [1.165, 1.54) is 16.2 Å². The first-order valence-corrected chi connectivity index (χ1v) is 7.39. The second-order valence-corrected chi connectivity index (χ2v) is 6.50. The van der Waals surface area contributed by atoms with Crippen molar-refractivity contribution in [3.63, 3.8) is 0 Å². The Hall–Kier alpha value is -0.300. The zero-order chi connectivity index (χ0) is 13.9. The Morgan fingerprint density at radius 3 is 2.63 bits per heavy atom. The lowest BCUT2D eigenvalue weighted by Gasteiger charge is -2.23. The molecule has 1 aromatic rings. The molecule has 0 saturated heterocycles. The Morgan fingerprint density at radius 2 is 2.11 bits per heavy atom. The van der Waals surface area contributed by atoms with Crippen molar-refractivity contribution in [3.8, 4) is 0 Å². The Morgan fingerprint density at radius 1 is 1.37 bits per heavy atom. The summed E-state index contributed by atoms with van der Waals surface area (Å²) in [6, 6.07) is 3.87. The predicted molar refractivity (Wildman–Crippen MR) is 71.7 cm³/mol. The third kappa shape index (κ3) is 5.69. The summed E-state index contributed by atoms with van der Waals surface area (Å²) in [7, 11) is 0. The summed E-state index contributed by atoms with van der Waals surface area (Å²) in [6.45, 7) is 0.845. The van der Waals surface area contributed by atoms with E-state index < -0.39 is 12.7 Å². The molecule has 1 aliphatic carbocycles. The third-order valence-corrected chi connectivity index (χ3v) is 4.18. The van der Waals surface area contributed by atoms with Crippen LogP contribution in [0, 0.1) is 0 Å². The van der Waals surface area contributed by atoms with E-state index in [-0.39, 0.29) is 6.04 Å². The van der Waals surface area contributed by atoms with Crippen molar-refractivity contribution in [1.29, 1.82) is 0 Å². The number of nitrogens with zero attached hydrogens (tertiary/aromatic N) is 1. The zero-order valence-electron chi connectivity index (χ0n) is 10.3. The van der Waals surface area contributed by atoms with E-state index in [4.69, 9.17) is 11.6 Å². The lowest BCUT2D eigenvalue weighted by atomic mass is 10.4. The summed E-state index contributed by atoms with van der Waals surface area (Å²) < 4.78 is 37.9. The maximum Gasteiger partial charge on any atom is 0.401 e. The summed E-state index contributed by atoms with van der Waals surface area (Å²) in [4.78, 5) is 2.62. The molecule has 0 amide bonds. The van der Waals surface area contributed by atoms with E-state index in [0.717, 1.165) is 22.1 Å². The molecule has 0 bridgehead atoms. The molecule has 1 saturated carbocycles. The first-order valence-electron chi connectivity index (χ1n) is 6.20. The van der Waals surface area contributed by atoms with Crippen LogP contribution in [-0.2, 0) is 6.54 Å². The van der Waals surface area contributed by atoms with Crippen molar-refractivity contribution in [1.82, 2.24) is 10.2 Å². The largest absolute Gasteiger partial charge is 0.401 e. The fraction of sp³-hybridized carbons (Fsp3) is 0.667. The van der Waals surface area contributed by atoms with Crippen LogP contribution in [0.1, 0.15) is 17.7 Å². The standard InChI is InChI=1S/C12H16ClF3N2S/c13-11-4-3-10(19-11)7-17-5-6-18(9-1-2-9)8-12(14,15)16/h3-4,9,17H,1-2,5-8H2. The second kappa shape index (κ2) is 6.43. The van der Waals surface area contributed by atoms with Gasteiger partial charge in [-0.3, -0.25) is 4.90 Å².